The van der Waals surface area contributed by atoms with Crippen LogP contribution in [0.1, 0.15) is 13.8 Å². The van der Waals surface area contributed by atoms with Gasteiger partial charge in [0.1, 0.15) is 0 Å². The Morgan fingerprint density at radius 2 is 2.36 bits per heavy atom. The standard InChI is InChI=1S/C10H16ClN3/c1-3-13-5-4-12-10(13)14-6-8(2)9(11)7-14/h4-5,8-9H,3,6-7H2,1-2H3. The molecule has 1 saturated heterocycles. The first-order valence-corrected chi connectivity index (χ1v) is 5.56. The number of nitrogens with zero attached hydrogens (tertiary/aromatic N) is 3. The van der Waals surface area contributed by atoms with Crippen molar-refractivity contribution in [3.8, 4) is 0 Å². The molecule has 2 unspecified atom stereocenters. The molecule has 2 heterocycles. The van der Waals surface area contributed by atoms with Crippen LogP contribution in [0.5, 0.6) is 0 Å². The van der Waals surface area contributed by atoms with Crippen LogP contribution in [-0.4, -0.2) is 28.0 Å². The van der Waals surface area contributed by atoms with Gasteiger partial charge >= 0.3 is 0 Å². The number of hydrogen-bond acceptors (Lipinski definition) is 2. The number of anilines is 1. The van der Waals surface area contributed by atoms with Crippen molar-refractivity contribution in [3.05, 3.63) is 12.4 Å². The Morgan fingerprint density at radius 3 is 2.93 bits per heavy atom. The first kappa shape index (κ1) is 9.84. The summed E-state index contributed by atoms with van der Waals surface area (Å²) in [7, 11) is 0. The molecule has 0 aromatic carbocycles. The van der Waals surface area contributed by atoms with E-state index in [-0.39, 0.29) is 5.38 Å². The zero-order chi connectivity index (χ0) is 10.1. The zero-order valence-corrected chi connectivity index (χ0v) is 9.41. The molecule has 2 atom stereocenters. The molecule has 1 aliphatic heterocycles. The van der Waals surface area contributed by atoms with Gasteiger partial charge < -0.3 is 9.47 Å². The molecule has 14 heavy (non-hydrogen) atoms. The van der Waals surface area contributed by atoms with Crippen molar-refractivity contribution in [2.24, 2.45) is 5.92 Å². The average molecular weight is 214 g/mol. The molecular weight excluding hydrogens is 198 g/mol. The molecule has 0 radical (unpaired) electrons. The van der Waals surface area contributed by atoms with Gasteiger partial charge in [-0.15, -0.1) is 11.6 Å². The van der Waals surface area contributed by atoms with Crippen molar-refractivity contribution in [1.82, 2.24) is 9.55 Å². The van der Waals surface area contributed by atoms with E-state index in [4.69, 9.17) is 11.6 Å². The van der Waals surface area contributed by atoms with Gasteiger partial charge in [-0.1, -0.05) is 6.92 Å². The summed E-state index contributed by atoms with van der Waals surface area (Å²) < 4.78 is 2.15. The Morgan fingerprint density at radius 1 is 1.57 bits per heavy atom. The highest BCUT2D eigenvalue weighted by molar-refractivity contribution is 6.21. The largest absolute Gasteiger partial charge is 0.340 e. The van der Waals surface area contributed by atoms with Gasteiger partial charge in [0.15, 0.2) is 0 Å². The van der Waals surface area contributed by atoms with Crippen molar-refractivity contribution in [2.75, 3.05) is 18.0 Å². The molecule has 1 aromatic rings. The molecule has 1 aromatic heterocycles. The van der Waals surface area contributed by atoms with Crippen molar-refractivity contribution in [3.63, 3.8) is 0 Å². The molecule has 0 spiro atoms. The van der Waals surface area contributed by atoms with Crippen LogP contribution in [0.25, 0.3) is 0 Å². The van der Waals surface area contributed by atoms with Crippen LogP contribution in [0.15, 0.2) is 12.4 Å². The Bertz CT molecular complexity index is 300. The minimum Gasteiger partial charge on any atom is -0.340 e. The zero-order valence-electron chi connectivity index (χ0n) is 8.65. The van der Waals surface area contributed by atoms with Crippen LogP contribution in [-0.2, 0) is 6.54 Å². The number of imidazole rings is 1. The molecule has 0 bridgehead atoms. The average Bonchev–Trinajstić information content (AvgIpc) is 2.73. The molecule has 4 heteroatoms. The van der Waals surface area contributed by atoms with Gasteiger partial charge in [-0.05, 0) is 12.8 Å². The van der Waals surface area contributed by atoms with Crippen molar-refractivity contribution >= 4 is 17.5 Å². The molecule has 3 nitrogen and oxygen atoms in total. The van der Waals surface area contributed by atoms with Crippen LogP contribution in [0.3, 0.4) is 0 Å². The number of aromatic nitrogens is 2. The van der Waals surface area contributed by atoms with E-state index in [1.165, 1.54) is 0 Å². The molecule has 0 N–H and O–H groups in total. The van der Waals surface area contributed by atoms with Crippen LogP contribution < -0.4 is 4.90 Å². The summed E-state index contributed by atoms with van der Waals surface area (Å²) in [4.78, 5) is 6.64. The monoisotopic (exact) mass is 213 g/mol. The summed E-state index contributed by atoms with van der Waals surface area (Å²) in [5, 5.41) is 0.261. The summed E-state index contributed by atoms with van der Waals surface area (Å²) in [6, 6.07) is 0. The second-order valence-corrected chi connectivity index (χ2v) is 4.47. The van der Waals surface area contributed by atoms with E-state index in [0.717, 1.165) is 25.6 Å². The maximum Gasteiger partial charge on any atom is 0.205 e. The van der Waals surface area contributed by atoms with Gasteiger partial charge in [0.05, 0.1) is 5.38 Å². The van der Waals surface area contributed by atoms with Crippen molar-refractivity contribution in [1.29, 1.82) is 0 Å². The predicted octanol–water partition coefficient (Wildman–Crippen LogP) is 1.97. The van der Waals surface area contributed by atoms with E-state index in [1.807, 2.05) is 12.4 Å². The summed E-state index contributed by atoms with van der Waals surface area (Å²) >= 11 is 6.19. The fourth-order valence-corrected chi connectivity index (χ4v) is 2.17. The number of rotatable bonds is 2. The molecule has 1 fully saturated rings. The quantitative estimate of drug-likeness (QED) is 0.701. The molecule has 0 saturated carbocycles. The summed E-state index contributed by atoms with van der Waals surface area (Å²) in [6.07, 6.45) is 3.87. The second kappa shape index (κ2) is 3.81. The minimum atomic E-state index is 0.261. The van der Waals surface area contributed by atoms with E-state index in [0.29, 0.717) is 5.92 Å². The van der Waals surface area contributed by atoms with Crippen LogP contribution >= 0.6 is 11.6 Å². The maximum atomic E-state index is 6.19. The van der Waals surface area contributed by atoms with Crippen LogP contribution in [0.4, 0.5) is 5.95 Å². The normalized spacial score (nSPS) is 27.2. The topological polar surface area (TPSA) is 21.1 Å². The lowest BCUT2D eigenvalue weighted by molar-refractivity contribution is 0.660. The maximum absolute atomic E-state index is 6.19. The van der Waals surface area contributed by atoms with E-state index in [2.05, 4.69) is 28.3 Å². The third kappa shape index (κ3) is 1.61. The third-order valence-electron chi connectivity index (χ3n) is 2.84. The van der Waals surface area contributed by atoms with Crippen LogP contribution in [0, 0.1) is 5.92 Å². The Balaban J connectivity index is 2.16. The number of halogens is 1. The SMILES string of the molecule is CCn1ccnc1N1CC(C)C(Cl)C1. The number of hydrogen-bond donors (Lipinski definition) is 0. The lowest BCUT2D eigenvalue weighted by Crippen LogP contribution is -2.23. The lowest BCUT2D eigenvalue weighted by Gasteiger charge is -2.17. The molecule has 0 aliphatic carbocycles. The van der Waals surface area contributed by atoms with E-state index in [1.54, 1.807) is 0 Å². The van der Waals surface area contributed by atoms with Crippen LogP contribution in [0.2, 0.25) is 0 Å². The smallest absolute Gasteiger partial charge is 0.205 e. The number of alkyl halides is 1. The predicted molar refractivity (Wildman–Crippen MR) is 58.9 cm³/mol. The highest BCUT2D eigenvalue weighted by atomic mass is 35.5. The molecule has 0 amide bonds. The fraction of sp³-hybridized carbons (Fsp3) is 0.700. The summed E-state index contributed by atoms with van der Waals surface area (Å²) in [5.74, 6) is 1.61. The van der Waals surface area contributed by atoms with Gasteiger partial charge in [-0.3, -0.25) is 0 Å². The lowest BCUT2D eigenvalue weighted by atomic mass is 10.2. The molecule has 2 rings (SSSR count). The van der Waals surface area contributed by atoms with Gasteiger partial charge in [-0.25, -0.2) is 4.98 Å². The minimum absolute atomic E-state index is 0.261. The van der Waals surface area contributed by atoms with E-state index in [9.17, 15) is 0 Å². The first-order valence-electron chi connectivity index (χ1n) is 5.12. The van der Waals surface area contributed by atoms with Gasteiger partial charge in [0.2, 0.25) is 5.95 Å². The number of aryl methyl sites for hydroxylation is 1. The van der Waals surface area contributed by atoms with Crippen molar-refractivity contribution in [2.45, 2.75) is 25.8 Å². The van der Waals surface area contributed by atoms with Gasteiger partial charge in [-0.2, -0.15) is 0 Å². The Labute approximate surface area is 89.7 Å². The first-order chi connectivity index (χ1) is 6.72. The van der Waals surface area contributed by atoms with Crippen molar-refractivity contribution < 1.29 is 0 Å². The van der Waals surface area contributed by atoms with Gasteiger partial charge in [0.25, 0.3) is 0 Å². The highest BCUT2D eigenvalue weighted by Gasteiger charge is 2.29. The molecule has 1 aliphatic rings. The fourth-order valence-electron chi connectivity index (χ4n) is 1.92. The molecular formula is C10H16ClN3. The summed E-state index contributed by atoms with van der Waals surface area (Å²) in [5.41, 5.74) is 0. The van der Waals surface area contributed by atoms with E-state index < -0.39 is 0 Å². The Hall–Kier alpha value is -0.700. The second-order valence-electron chi connectivity index (χ2n) is 3.91. The molecule has 78 valence electrons. The van der Waals surface area contributed by atoms with E-state index >= 15 is 0 Å². The highest BCUT2D eigenvalue weighted by Crippen LogP contribution is 2.25. The summed E-state index contributed by atoms with van der Waals surface area (Å²) in [6.45, 7) is 7.22. The van der Waals surface area contributed by atoms with Gasteiger partial charge in [0, 0.05) is 32.0 Å². The Kier molecular flexibility index (Phi) is 2.68. The third-order valence-corrected chi connectivity index (χ3v) is 3.41.